The van der Waals surface area contributed by atoms with Crippen molar-refractivity contribution in [3.8, 4) is 5.75 Å². The molecule has 1 saturated heterocycles. The molecular weight excluding hydrogens is 375 g/mol. The topological polar surface area (TPSA) is 107 Å². The van der Waals surface area contributed by atoms with Crippen molar-refractivity contribution in [2.75, 3.05) is 10.8 Å². The van der Waals surface area contributed by atoms with Crippen molar-refractivity contribution in [3.63, 3.8) is 0 Å². The van der Waals surface area contributed by atoms with E-state index in [0.29, 0.717) is 40.6 Å². The Morgan fingerprint density at radius 1 is 1.33 bits per heavy atom. The van der Waals surface area contributed by atoms with Gasteiger partial charge >= 0.3 is 10.2 Å². The van der Waals surface area contributed by atoms with Gasteiger partial charge in [-0.15, -0.1) is 0 Å². The molecule has 2 unspecified atom stereocenters. The fourth-order valence-electron chi connectivity index (χ4n) is 4.16. The number of halogens is 1. The van der Waals surface area contributed by atoms with Crippen molar-refractivity contribution in [1.82, 2.24) is 4.72 Å². The maximum Gasteiger partial charge on any atom is 0.326 e. The number of phenols is 1. The Morgan fingerprint density at radius 3 is 2.70 bits per heavy atom. The summed E-state index contributed by atoms with van der Waals surface area (Å²) < 4.78 is 41.7. The van der Waals surface area contributed by atoms with Crippen LogP contribution in [0.2, 0.25) is 0 Å². The van der Waals surface area contributed by atoms with Crippen LogP contribution in [0, 0.1) is 17.7 Å². The van der Waals surface area contributed by atoms with Gasteiger partial charge in [0.1, 0.15) is 18.0 Å². The van der Waals surface area contributed by atoms with Crippen molar-refractivity contribution in [2.45, 2.75) is 51.0 Å². The molecule has 1 amide bonds. The number of nitrogens with one attached hydrogen (secondary N) is 1. The van der Waals surface area contributed by atoms with E-state index in [2.05, 4.69) is 0 Å². The van der Waals surface area contributed by atoms with E-state index >= 15 is 4.39 Å². The van der Waals surface area contributed by atoms with Gasteiger partial charge in [-0.05, 0) is 74.0 Å². The summed E-state index contributed by atoms with van der Waals surface area (Å²) in [5.41, 5.74) is 0.601. The van der Waals surface area contributed by atoms with Gasteiger partial charge in [0.25, 0.3) is 5.91 Å². The number of benzene rings is 1. The monoisotopic (exact) mass is 398 g/mol. The minimum Gasteiger partial charge on any atom is -0.506 e. The van der Waals surface area contributed by atoms with E-state index in [1.165, 1.54) is 6.07 Å². The summed E-state index contributed by atoms with van der Waals surface area (Å²) in [7, 11) is -4.20. The Hall–Kier alpha value is -1.87. The van der Waals surface area contributed by atoms with Gasteiger partial charge in [-0.3, -0.25) is 4.79 Å². The molecule has 2 fully saturated rings. The molecule has 1 saturated carbocycles. The molecule has 3 aliphatic rings. The summed E-state index contributed by atoms with van der Waals surface area (Å²) in [6.07, 6.45) is 5.19. The van der Waals surface area contributed by atoms with Crippen molar-refractivity contribution in [2.24, 2.45) is 11.8 Å². The Labute approximate surface area is 157 Å². The number of anilines is 1. The van der Waals surface area contributed by atoms with Gasteiger partial charge in [0.2, 0.25) is 0 Å². The number of fused-ring (bicyclic) bond motifs is 1. The molecule has 0 spiro atoms. The number of hydrogen-bond acceptors (Lipinski definition) is 5. The number of hydrogen-bond donors (Lipinski definition) is 3. The molecule has 1 heterocycles. The van der Waals surface area contributed by atoms with Gasteiger partial charge in [-0.1, -0.05) is 0 Å². The van der Waals surface area contributed by atoms with E-state index in [1.54, 1.807) is 4.72 Å². The normalized spacial score (nSPS) is 25.2. The quantitative estimate of drug-likeness (QED) is 0.694. The maximum absolute atomic E-state index is 15.2. The summed E-state index contributed by atoms with van der Waals surface area (Å²) in [5.74, 6) is -1.41. The van der Waals surface area contributed by atoms with Crippen LogP contribution in [0.25, 0.3) is 0 Å². The highest BCUT2D eigenvalue weighted by Gasteiger charge is 2.39. The van der Waals surface area contributed by atoms with Crippen LogP contribution in [-0.2, 0) is 27.8 Å². The van der Waals surface area contributed by atoms with Crippen molar-refractivity contribution >= 4 is 21.8 Å². The number of carbonyl (C=O) groups is 1. The van der Waals surface area contributed by atoms with Crippen molar-refractivity contribution in [3.05, 3.63) is 23.0 Å². The summed E-state index contributed by atoms with van der Waals surface area (Å²) in [5, 5.41) is 20.3. The average molecular weight is 398 g/mol. The lowest BCUT2D eigenvalue weighted by Gasteiger charge is -2.28. The largest absolute Gasteiger partial charge is 0.506 e. The van der Waals surface area contributed by atoms with Crippen molar-refractivity contribution in [1.29, 1.82) is 0 Å². The number of rotatable bonds is 5. The van der Waals surface area contributed by atoms with Crippen LogP contribution in [0.1, 0.15) is 43.2 Å². The predicted molar refractivity (Wildman–Crippen MR) is 96.0 cm³/mol. The molecule has 3 N–H and O–H groups in total. The average Bonchev–Trinajstić information content (AvgIpc) is 3.40. The van der Waals surface area contributed by atoms with Gasteiger partial charge in [0, 0.05) is 0 Å². The third-order valence-electron chi connectivity index (χ3n) is 5.84. The molecule has 27 heavy (non-hydrogen) atoms. The van der Waals surface area contributed by atoms with Gasteiger partial charge in [0.15, 0.2) is 5.82 Å². The molecule has 2 aliphatic carbocycles. The van der Waals surface area contributed by atoms with E-state index in [-0.39, 0.29) is 12.0 Å². The Kier molecular flexibility index (Phi) is 4.54. The number of aromatic hydroxyl groups is 1. The molecule has 1 aliphatic heterocycles. The summed E-state index contributed by atoms with van der Waals surface area (Å²) in [4.78, 5) is 11.5. The first-order chi connectivity index (χ1) is 12.8. The zero-order valence-electron chi connectivity index (χ0n) is 14.8. The summed E-state index contributed by atoms with van der Waals surface area (Å²) in [6, 6.07) is 1.40. The lowest BCUT2D eigenvalue weighted by atomic mass is 9.80. The molecular formula is C18H23FN2O5S. The molecule has 1 aromatic rings. The van der Waals surface area contributed by atoms with E-state index in [1.807, 2.05) is 0 Å². The number of amides is 1. The van der Waals surface area contributed by atoms with E-state index < -0.39 is 39.9 Å². The molecule has 0 bridgehead atoms. The number of aryl methyl sites for hydroxylation is 1. The fourth-order valence-corrected chi connectivity index (χ4v) is 5.33. The third kappa shape index (κ3) is 3.50. The van der Waals surface area contributed by atoms with Crippen LogP contribution in [-0.4, -0.2) is 37.2 Å². The highest BCUT2D eigenvalue weighted by Crippen LogP contribution is 2.42. The smallest absolute Gasteiger partial charge is 0.326 e. The minimum atomic E-state index is -4.20. The second kappa shape index (κ2) is 6.63. The molecule has 7 nitrogen and oxygen atoms in total. The number of nitrogens with zero attached hydrogens (tertiary/aromatic N) is 1. The van der Waals surface area contributed by atoms with Crippen molar-refractivity contribution < 1.29 is 27.8 Å². The number of aliphatic hydroxyl groups is 1. The van der Waals surface area contributed by atoms with Crippen LogP contribution in [0.3, 0.4) is 0 Å². The first-order valence-electron chi connectivity index (χ1n) is 9.31. The minimum absolute atomic E-state index is 0.202. The molecule has 4 rings (SSSR count). The first kappa shape index (κ1) is 18.5. The van der Waals surface area contributed by atoms with E-state index in [4.69, 9.17) is 0 Å². The van der Waals surface area contributed by atoms with Crippen LogP contribution >= 0.6 is 0 Å². The van der Waals surface area contributed by atoms with Crippen LogP contribution in [0.15, 0.2) is 6.07 Å². The second-order valence-electron chi connectivity index (χ2n) is 7.82. The highest BCUT2D eigenvalue weighted by molar-refractivity contribution is 7.92. The second-order valence-corrected chi connectivity index (χ2v) is 9.42. The highest BCUT2D eigenvalue weighted by atomic mass is 32.2. The predicted octanol–water partition coefficient (Wildman–Crippen LogP) is 1.37. The molecule has 0 aromatic heterocycles. The number of phenolic OH excluding ortho intramolecular Hbond substituents is 1. The molecule has 148 valence electrons. The van der Waals surface area contributed by atoms with Gasteiger partial charge < -0.3 is 10.2 Å². The maximum atomic E-state index is 15.2. The Balaban J connectivity index is 1.58. The van der Waals surface area contributed by atoms with E-state index in [0.717, 1.165) is 25.7 Å². The molecule has 1 aromatic carbocycles. The Morgan fingerprint density at radius 2 is 2.07 bits per heavy atom. The standard InChI is InChI=1S/C18H23FN2O5S/c19-17-13-7-10(2-6-14(22)11-4-5-11)1-3-12(13)8-15(23)18(17)21-9-16(24)20-27(21,25)26/h8,10-11,14,22-23H,1-7,9H2,(H,20,24). The number of aliphatic hydroxyl groups excluding tert-OH is 1. The lowest BCUT2D eigenvalue weighted by molar-refractivity contribution is -0.117. The zero-order valence-corrected chi connectivity index (χ0v) is 15.6. The zero-order chi connectivity index (χ0) is 19.3. The third-order valence-corrected chi connectivity index (χ3v) is 7.21. The first-order valence-corrected chi connectivity index (χ1v) is 10.7. The van der Waals surface area contributed by atoms with Gasteiger partial charge in [-0.2, -0.15) is 8.42 Å². The molecule has 2 atom stereocenters. The van der Waals surface area contributed by atoms with Gasteiger partial charge in [-0.25, -0.2) is 13.4 Å². The lowest BCUT2D eigenvalue weighted by Crippen LogP contribution is -2.31. The number of carbonyl (C=O) groups excluding carboxylic acids is 1. The fraction of sp³-hybridized carbons (Fsp3) is 0.611. The van der Waals surface area contributed by atoms with E-state index in [9.17, 15) is 23.4 Å². The Bertz CT molecular complexity index is 884. The SMILES string of the molecule is O=C1CN(c2c(O)cc3c(c2F)CC(CCC(O)C2CC2)CC3)S(=O)(=O)N1. The van der Waals surface area contributed by atoms with Gasteiger partial charge in [0.05, 0.1) is 6.10 Å². The summed E-state index contributed by atoms with van der Waals surface area (Å²) >= 11 is 0. The van der Waals surface area contributed by atoms with Crippen LogP contribution in [0.5, 0.6) is 5.75 Å². The molecule has 9 heteroatoms. The van der Waals surface area contributed by atoms with Crippen LogP contribution < -0.4 is 9.03 Å². The molecule has 0 radical (unpaired) electrons. The van der Waals surface area contributed by atoms with Crippen LogP contribution in [0.4, 0.5) is 10.1 Å². The summed E-state index contributed by atoms with van der Waals surface area (Å²) in [6.45, 7) is -0.553.